The van der Waals surface area contributed by atoms with E-state index in [0.29, 0.717) is 12.3 Å². The van der Waals surface area contributed by atoms with Crippen LogP contribution < -0.4 is 10.9 Å². The lowest BCUT2D eigenvalue weighted by Gasteiger charge is -2.12. The van der Waals surface area contributed by atoms with Gasteiger partial charge in [-0.1, -0.05) is 33.2 Å². The number of benzene rings is 1. The number of anilines is 1. The molecule has 134 valence electrons. The first-order valence-electron chi connectivity index (χ1n) is 8.05. The fourth-order valence-electron chi connectivity index (χ4n) is 2.85. The lowest BCUT2D eigenvalue weighted by Crippen LogP contribution is -2.25. The summed E-state index contributed by atoms with van der Waals surface area (Å²) in [6.45, 7) is 5.42. The number of nitrogens with one attached hydrogen (secondary N) is 1. The van der Waals surface area contributed by atoms with Crippen LogP contribution in [0.25, 0.3) is 11.1 Å². The second-order valence-corrected chi connectivity index (χ2v) is 7.00. The molecule has 3 rings (SSSR count). The maximum absolute atomic E-state index is 12.8. The second kappa shape index (κ2) is 7.29. The van der Waals surface area contributed by atoms with Crippen LogP contribution in [-0.2, 0) is 11.3 Å². The number of aryl methyl sites for hydroxylation is 2. The largest absolute Gasteiger partial charge is 0.361 e. The van der Waals surface area contributed by atoms with Gasteiger partial charge in [-0.05, 0) is 37.6 Å². The lowest BCUT2D eigenvalue weighted by molar-refractivity contribution is -0.114. The molecule has 1 N–H and O–H groups in total. The van der Waals surface area contributed by atoms with Crippen molar-refractivity contribution in [1.82, 2.24) is 9.72 Å². The summed E-state index contributed by atoms with van der Waals surface area (Å²) in [5.41, 5.74) is 3.25. The quantitative estimate of drug-likeness (QED) is 0.700. The maximum atomic E-state index is 12.8. The highest BCUT2D eigenvalue weighted by molar-refractivity contribution is 9.10. The molecule has 0 atom stereocenters. The van der Waals surface area contributed by atoms with Crippen molar-refractivity contribution < 1.29 is 9.32 Å². The average Bonchev–Trinajstić information content (AvgIpc) is 2.91. The minimum atomic E-state index is -0.298. The van der Waals surface area contributed by atoms with Gasteiger partial charge in [-0.3, -0.25) is 9.59 Å². The predicted octanol–water partition coefficient (Wildman–Crippen LogP) is 3.89. The first kappa shape index (κ1) is 18.1. The normalized spacial score (nSPS) is 10.8. The molecule has 2 aromatic heterocycles. The molecule has 0 aliphatic rings. The number of carbonyl (C=O) groups is 1. The summed E-state index contributed by atoms with van der Waals surface area (Å²) in [6.07, 6.45) is 1.77. The number of amides is 1. The Bertz CT molecular complexity index is 1000. The summed E-state index contributed by atoms with van der Waals surface area (Å²) in [6, 6.07) is 9.39. The summed E-state index contributed by atoms with van der Waals surface area (Å²) >= 11 is 3.40. The van der Waals surface area contributed by atoms with E-state index in [1.54, 1.807) is 16.8 Å². The van der Waals surface area contributed by atoms with Crippen LogP contribution in [0.3, 0.4) is 0 Å². The van der Waals surface area contributed by atoms with E-state index in [-0.39, 0.29) is 17.2 Å². The first-order valence-corrected chi connectivity index (χ1v) is 8.84. The van der Waals surface area contributed by atoms with Gasteiger partial charge in [0.05, 0.1) is 12.2 Å². The summed E-state index contributed by atoms with van der Waals surface area (Å²) in [5, 5.41) is 6.59. The van der Waals surface area contributed by atoms with Gasteiger partial charge in [0.15, 0.2) is 0 Å². The molecule has 7 heteroatoms. The molecule has 3 aromatic rings. The fourth-order valence-corrected chi connectivity index (χ4v) is 3.12. The number of nitrogens with zero attached hydrogens (tertiary/aromatic N) is 2. The Labute approximate surface area is 159 Å². The second-order valence-electron chi connectivity index (χ2n) is 6.08. The highest BCUT2D eigenvalue weighted by atomic mass is 79.9. The van der Waals surface area contributed by atoms with E-state index in [9.17, 15) is 9.59 Å². The van der Waals surface area contributed by atoms with Crippen LogP contribution in [0.2, 0.25) is 0 Å². The average molecular weight is 416 g/mol. The van der Waals surface area contributed by atoms with E-state index in [1.807, 2.05) is 38.1 Å². The van der Waals surface area contributed by atoms with Crippen molar-refractivity contribution in [2.24, 2.45) is 0 Å². The zero-order valence-corrected chi connectivity index (χ0v) is 16.3. The molecule has 0 fully saturated rings. The molecule has 2 heterocycles. The third-order valence-corrected chi connectivity index (χ3v) is 4.51. The Kier molecular flexibility index (Phi) is 5.08. The van der Waals surface area contributed by atoms with Crippen LogP contribution in [0.1, 0.15) is 23.9 Å². The molecule has 1 amide bonds. The molecular formula is C19H18BrN3O3. The molecule has 0 spiro atoms. The molecule has 1 aromatic carbocycles. The van der Waals surface area contributed by atoms with E-state index in [2.05, 4.69) is 26.4 Å². The van der Waals surface area contributed by atoms with Crippen LogP contribution in [0, 0.1) is 13.8 Å². The van der Waals surface area contributed by atoms with Gasteiger partial charge in [0.1, 0.15) is 11.4 Å². The van der Waals surface area contributed by atoms with Crippen LogP contribution in [0.5, 0.6) is 0 Å². The monoisotopic (exact) mass is 415 g/mol. The topological polar surface area (TPSA) is 77.1 Å². The van der Waals surface area contributed by atoms with Crippen molar-refractivity contribution in [3.63, 3.8) is 0 Å². The Morgan fingerprint density at radius 2 is 1.96 bits per heavy atom. The Balaban J connectivity index is 2.13. The van der Waals surface area contributed by atoms with Gasteiger partial charge in [0.2, 0.25) is 5.91 Å². The van der Waals surface area contributed by atoms with Crippen LogP contribution in [0.15, 0.2) is 50.3 Å². The smallest absolute Gasteiger partial charge is 0.274 e. The molecular weight excluding hydrogens is 398 g/mol. The number of hydrogen-bond acceptors (Lipinski definition) is 4. The van der Waals surface area contributed by atoms with Crippen molar-refractivity contribution in [2.75, 3.05) is 5.32 Å². The maximum Gasteiger partial charge on any atom is 0.274 e. The van der Waals surface area contributed by atoms with Crippen LogP contribution in [-0.4, -0.2) is 15.6 Å². The van der Waals surface area contributed by atoms with Gasteiger partial charge in [-0.25, -0.2) is 0 Å². The minimum Gasteiger partial charge on any atom is -0.361 e. The van der Waals surface area contributed by atoms with Crippen molar-refractivity contribution in [2.45, 2.75) is 27.3 Å². The van der Waals surface area contributed by atoms with Crippen molar-refractivity contribution in [3.05, 3.63) is 68.4 Å². The summed E-state index contributed by atoms with van der Waals surface area (Å²) < 4.78 is 7.79. The molecule has 0 saturated carbocycles. The molecule has 6 nitrogen and oxygen atoms in total. The van der Waals surface area contributed by atoms with E-state index < -0.39 is 0 Å². The Hall–Kier alpha value is -2.67. The molecule has 0 saturated heterocycles. The third kappa shape index (κ3) is 3.77. The number of rotatable bonds is 4. The molecule has 0 aliphatic heterocycles. The molecule has 0 aliphatic carbocycles. The fraction of sp³-hybridized carbons (Fsp3) is 0.211. The van der Waals surface area contributed by atoms with E-state index in [4.69, 9.17) is 4.52 Å². The van der Waals surface area contributed by atoms with Gasteiger partial charge < -0.3 is 14.4 Å². The number of carbonyl (C=O) groups excluding carboxylic acids is 1. The highest BCUT2D eigenvalue weighted by Crippen LogP contribution is 2.27. The number of pyridine rings is 1. The predicted molar refractivity (Wildman–Crippen MR) is 103 cm³/mol. The van der Waals surface area contributed by atoms with E-state index in [1.165, 1.54) is 6.92 Å². The lowest BCUT2D eigenvalue weighted by atomic mass is 10.1. The number of halogens is 1. The zero-order chi connectivity index (χ0) is 18.8. The van der Waals surface area contributed by atoms with Gasteiger partial charge in [-0.15, -0.1) is 0 Å². The summed E-state index contributed by atoms with van der Waals surface area (Å²) in [5.74, 6) is 0.360. The minimum absolute atomic E-state index is 0.229. The Morgan fingerprint density at radius 3 is 2.54 bits per heavy atom. The molecule has 0 unspecified atom stereocenters. The van der Waals surface area contributed by atoms with Crippen LogP contribution in [0.4, 0.5) is 5.69 Å². The van der Waals surface area contributed by atoms with Crippen molar-refractivity contribution in [1.29, 1.82) is 0 Å². The number of hydrogen-bond donors (Lipinski definition) is 1. The molecule has 0 bridgehead atoms. The van der Waals surface area contributed by atoms with Gasteiger partial charge in [-0.2, -0.15) is 0 Å². The molecule has 26 heavy (non-hydrogen) atoms. The van der Waals surface area contributed by atoms with E-state index >= 15 is 0 Å². The Morgan fingerprint density at radius 1 is 1.27 bits per heavy atom. The van der Waals surface area contributed by atoms with Gasteiger partial charge >= 0.3 is 0 Å². The standard InChI is InChI=1S/C19H18BrN3O3/c1-11-18(12(2)26-22-11)15-8-17(21-13(3)24)19(25)23(10-15)9-14-4-6-16(20)7-5-14/h4-8,10H,9H2,1-3H3,(H,21,24). The van der Waals surface area contributed by atoms with Crippen LogP contribution >= 0.6 is 15.9 Å². The van der Waals surface area contributed by atoms with Crippen molar-refractivity contribution >= 4 is 27.5 Å². The summed E-state index contributed by atoms with van der Waals surface area (Å²) in [4.78, 5) is 24.3. The van der Waals surface area contributed by atoms with E-state index in [0.717, 1.165) is 26.9 Å². The SMILES string of the molecule is CC(=O)Nc1cc(-c2c(C)noc2C)cn(Cc2ccc(Br)cc2)c1=O. The number of aromatic nitrogens is 2. The first-order chi connectivity index (χ1) is 12.3. The van der Waals surface area contributed by atoms with Crippen molar-refractivity contribution in [3.8, 4) is 11.1 Å². The molecule has 0 radical (unpaired) electrons. The third-order valence-electron chi connectivity index (χ3n) is 3.98. The highest BCUT2D eigenvalue weighted by Gasteiger charge is 2.16. The zero-order valence-electron chi connectivity index (χ0n) is 14.7. The van der Waals surface area contributed by atoms with Gasteiger partial charge in [0.25, 0.3) is 5.56 Å². The summed E-state index contributed by atoms with van der Waals surface area (Å²) in [7, 11) is 0. The van der Waals surface area contributed by atoms with Gasteiger partial charge in [0, 0.05) is 28.7 Å².